The monoisotopic (exact) mass is 260 g/mol. The van der Waals surface area contributed by atoms with Crippen molar-refractivity contribution in [1.29, 1.82) is 0 Å². The summed E-state index contributed by atoms with van der Waals surface area (Å²) in [6, 6.07) is 6.16. The van der Waals surface area contributed by atoms with Crippen LogP contribution in [0.15, 0.2) is 18.2 Å². The first-order chi connectivity index (χ1) is 9.33. The summed E-state index contributed by atoms with van der Waals surface area (Å²) >= 11 is 0. The summed E-state index contributed by atoms with van der Waals surface area (Å²) in [5.74, 6) is -0.171. The number of fused-ring (bicyclic) bond motifs is 1. The molecule has 2 aliphatic rings. The van der Waals surface area contributed by atoms with E-state index < -0.39 is 0 Å². The minimum atomic E-state index is -0.171. The summed E-state index contributed by atoms with van der Waals surface area (Å²) in [4.78, 5) is 14.1. The number of rotatable bonds is 3. The second kappa shape index (κ2) is 5.72. The van der Waals surface area contributed by atoms with Gasteiger partial charge in [0, 0.05) is 39.1 Å². The maximum Gasteiger partial charge on any atom is 0.338 e. The van der Waals surface area contributed by atoms with Crippen molar-refractivity contribution in [3.05, 3.63) is 34.9 Å². The lowest BCUT2D eigenvalue weighted by molar-refractivity contribution is 0.0480. The molecule has 102 valence electrons. The Labute approximate surface area is 113 Å². The molecule has 0 radical (unpaired) electrons. The molecule has 19 heavy (non-hydrogen) atoms. The van der Waals surface area contributed by atoms with E-state index >= 15 is 0 Å². The molecule has 1 aromatic carbocycles. The molecule has 2 aliphatic heterocycles. The first kappa shape index (κ1) is 12.6. The van der Waals surface area contributed by atoms with Crippen LogP contribution in [0.3, 0.4) is 0 Å². The van der Waals surface area contributed by atoms with Crippen molar-refractivity contribution in [2.75, 3.05) is 39.3 Å². The van der Waals surface area contributed by atoms with Crippen LogP contribution in [0, 0.1) is 0 Å². The second-order valence-electron chi connectivity index (χ2n) is 5.22. The van der Waals surface area contributed by atoms with Gasteiger partial charge >= 0.3 is 5.97 Å². The van der Waals surface area contributed by atoms with Gasteiger partial charge in [-0.25, -0.2) is 4.79 Å². The van der Waals surface area contributed by atoms with E-state index in [-0.39, 0.29) is 5.97 Å². The molecule has 2 heterocycles. The summed E-state index contributed by atoms with van der Waals surface area (Å²) in [6.45, 7) is 6.08. The lowest BCUT2D eigenvalue weighted by atomic mass is 9.98. The van der Waals surface area contributed by atoms with Crippen LogP contribution in [0.5, 0.6) is 0 Å². The van der Waals surface area contributed by atoms with Crippen LogP contribution in [-0.4, -0.2) is 50.2 Å². The summed E-state index contributed by atoms with van der Waals surface area (Å²) in [7, 11) is 0. The third-order valence-electron chi connectivity index (χ3n) is 3.92. The third-order valence-corrected chi connectivity index (χ3v) is 3.92. The number of cyclic esters (lactones) is 1. The van der Waals surface area contributed by atoms with Crippen LogP contribution in [0.1, 0.15) is 21.5 Å². The molecule has 0 atom stereocenters. The molecule has 0 aromatic heterocycles. The van der Waals surface area contributed by atoms with Crippen LogP contribution in [0.25, 0.3) is 0 Å². The average molecular weight is 260 g/mol. The van der Waals surface area contributed by atoms with Crippen molar-refractivity contribution in [2.45, 2.75) is 12.8 Å². The average Bonchev–Trinajstić information content (AvgIpc) is 2.46. The number of hydrogen-bond donors (Lipinski definition) is 1. The van der Waals surface area contributed by atoms with Gasteiger partial charge < -0.3 is 15.0 Å². The Bertz CT molecular complexity index is 467. The number of carbonyl (C=O) groups excluding carboxylic acids is 1. The molecular formula is C15H20N2O2. The van der Waals surface area contributed by atoms with Crippen LogP contribution in [-0.2, 0) is 17.6 Å². The lowest BCUT2D eigenvalue weighted by Gasteiger charge is -2.27. The van der Waals surface area contributed by atoms with Crippen molar-refractivity contribution < 1.29 is 9.53 Å². The zero-order chi connectivity index (χ0) is 13.1. The Morgan fingerprint density at radius 2 is 2.11 bits per heavy atom. The maximum atomic E-state index is 11.6. The molecule has 4 heteroatoms. The molecular weight excluding hydrogens is 240 g/mol. The molecule has 1 aromatic rings. The van der Waals surface area contributed by atoms with Crippen LogP contribution in [0.4, 0.5) is 0 Å². The zero-order valence-electron chi connectivity index (χ0n) is 11.2. The van der Waals surface area contributed by atoms with Crippen molar-refractivity contribution in [2.24, 2.45) is 0 Å². The second-order valence-corrected chi connectivity index (χ2v) is 5.22. The first-order valence-corrected chi connectivity index (χ1v) is 7.05. The van der Waals surface area contributed by atoms with Gasteiger partial charge in [0.25, 0.3) is 0 Å². The number of carbonyl (C=O) groups is 1. The number of nitrogens with zero attached hydrogens (tertiary/aromatic N) is 1. The molecule has 0 amide bonds. The number of nitrogens with one attached hydrogen (secondary N) is 1. The zero-order valence-corrected chi connectivity index (χ0v) is 11.2. The minimum absolute atomic E-state index is 0.171. The SMILES string of the molecule is O=C1OCCc2cc(CCN3CCNCC3)ccc21. The Hall–Kier alpha value is -1.39. The molecule has 0 unspecified atom stereocenters. The van der Waals surface area contributed by atoms with E-state index in [0.29, 0.717) is 6.61 Å². The number of esters is 1. The van der Waals surface area contributed by atoms with E-state index in [2.05, 4.69) is 22.3 Å². The van der Waals surface area contributed by atoms with Gasteiger partial charge in [-0.2, -0.15) is 0 Å². The van der Waals surface area contributed by atoms with E-state index in [1.807, 2.05) is 6.07 Å². The topological polar surface area (TPSA) is 41.6 Å². The summed E-state index contributed by atoms with van der Waals surface area (Å²) in [5.41, 5.74) is 3.22. The Morgan fingerprint density at radius 1 is 1.26 bits per heavy atom. The first-order valence-electron chi connectivity index (χ1n) is 7.05. The standard InChI is InChI=1S/C15H20N2O2/c18-15-14-2-1-12(11-13(14)4-10-19-15)3-7-17-8-5-16-6-9-17/h1-2,11,16H,3-10H2. The number of hydrogen-bond acceptors (Lipinski definition) is 4. The smallest absolute Gasteiger partial charge is 0.338 e. The van der Waals surface area contributed by atoms with Crippen molar-refractivity contribution in [3.8, 4) is 0 Å². The van der Waals surface area contributed by atoms with Gasteiger partial charge in [-0.15, -0.1) is 0 Å². The highest BCUT2D eigenvalue weighted by atomic mass is 16.5. The van der Waals surface area contributed by atoms with Gasteiger partial charge in [0.05, 0.1) is 12.2 Å². The quantitative estimate of drug-likeness (QED) is 0.818. The molecule has 0 bridgehead atoms. The van der Waals surface area contributed by atoms with E-state index in [0.717, 1.165) is 56.7 Å². The van der Waals surface area contributed by atoms with E-state index in [1.54, 1.807) is 0 Å². The van der Waals surface area contributed by atoms with E-state index in [9.17, 15) is 4.79 Å². The molecule has 1 N–H and O–H groups in total. The highest BCUT2D eigenvalue weighted by Gasteiger charge is 2.18. The fourth-order valence-corrected chi connectivity index (χ4v) is 2.76. The van der Waals surface area contributed by atoms with Gasteiger partial charge in [0.2, 0.25) is 0 Å². The van der Waals surface area contributed by atoms with Gasteiger partial charge in [-0.05, 0) is 23.6 Å². The molecule has 4 nitrogen and oxygen atoms in total. The van der Waals surface area contributed by atoms with E-state index in [1.165, 1.54) is 5.56 Å². The number of piperazine rings is 1. The fourth-order valence-electron chi connectivity index (χ4n) is 2.76. The fraction of sp³-hybridized carbons (Fsp3) is 0.533. The normalized spacial score (nSPS) is 19.9. The highest BCUT2D eigenvalue weighted by molar-refractivity contribution is 5.92. The Balaban J connectivity index is 1.63. The molecule has 0 saturated carbocycles. The molecule has 0 spiro atoms. The third kappa shape index (κ3) is 2.96. The largest absolute Gasteiger partial charge is 0.462 e. The lowest BCUT2D eigenvalue weighted by Crippen LogP contribution is -2.44. The summed E-state index contributed by atoms with van der Waals surface area (Å²) < 4.78 is 5.05. The highest BCUT2D eigenvalue weighted by Crippen LogP contribution is 2.19. The van der Waals surface area contributed by atoms with Crippen LogP contribution in [0.2, 0.25) is 0 Å². The maximum absolute atomic E-state index is 11.6. The van der Waals surface area contributed by atoms with Crippen LogP contribution < -0.4 is 5.32 Å². The van der Waals surface area contributed by atoms with Gasteiger partial charge in [-0.1, -0.05) is 12.1 Å². The van der Waals surface area contributed by atoms with Gasteiger partial charge in [0.15, 0.2) is 0 Å². The van der Waals surface area contributed by atoms with Crippen molar-refractivity contribution in [1.82, 2.24) is 10.2 Å². The Morgan fingerprint density at radius 3 is 2.95 bits per heavy atom. The number of benzene rings is 1. The van der Waals surface area contributed by atoms with Crippen LogP contribution >= 0.6 is 0 Å². The molecule has 1 fully saturated rings. The van der Waals surface area contributed by atoms with E-state index in [4.69, 9.17) is 4.74 Å². The molecule has 3 rings (SSSR count). The van der Waals surface area contributed by atoms with Gasteiger partial charge in [-0.3, -0.25) is 0 Å². The predicted molar refractivity (Wildman–Crippen MR) is 73.4 cm³/mol. The van der Waals surface area contributed by atoms with Crippen molar-refractivity contribution >= 4 is 5.97 Å². The summed E-state index contributed by atoms with van der Waals surface area (Å²) in [6.07, 6.45) is 1.91. The molecule has 1 saturated heterocycles. The predicted octanol–water partition coefficient (Wildman–Crippen LogP) is 0.847. The summed E-state index contributed by atoms with van der Waals surface area (Å²) in [5, 5.41) is 3.37. The minimum Gasteiger partial charge on any atom is -0.462 e. The van der Waals surface area contributed by atoms with Gasteiger partial charge in [0.1, 0.15) is 0 Å². The molecule has 0 aliphatic carbocycles. The Kier molecular flexibility index (Phi) is 3.80. The number of ether oxygens (including phenoxy) is 1. The van der Waals surface area contributed by atoms with Crippen molar-refractivity contribution in [3.63, 3.8) is 0 Å².